The Bertz CT molecular complexity index is 946. The van der Waals surface area contributed by atoms with Crippen molar-refractivity contribution in [1.82, 2.24) is 0 Å². The number of carbonyl (C=O) groups excluding carboxylic acids is 2. The average Bonchev–Trinajstić information content (AvgIpc) is 3.16. The molecule has 0 fully saturated rings. The van der Waals surface area contributed by atoms with Crippen LogP contribution in [-0.2, 0) is 28.2 Å². The number of allylic oxidation sites excluding steroid dienone is 4. The number of ether oxygens (including phenoxy) is 2. The molecule has 0 aromatic heterocycles. The average molecular weight is 799 g/mol. The summed E-state index contributed by atoms with van der Waals surface area (Å²) >= 11 is 0. The van der Waals surface area contributed by atoms with Crippen LogP contribution in [0.2, 0.25) is 0 Å². The molecule has 8 nitrogen and oxygen atoms in total. The fraction of sp³-hybridized carbons (Fsp3) is 0.870. The smallest absolute Gasteiger partial charge is 0.462 e. The van der Waals surface area contributed by atoms with Crippen LogP contribution < -0.4 is 0 Å². The Labute approximate surface area is 339 Å². The minimum absolute atomic E-state index is 0.210. The number of phosphoric acid groups is 1. The first kappa shape index (κ1) is 53.5. The van der Waals surface area contributed by atoms with Crippen LogP contribution in [0.4, 0.5) is 0 Å². The fourth-order valence-electron chi connectivity index (χ4n) is 6.76. The molecule has 2 N–H and O–H groups in total. The molecule has 0 amide bonds. The maximum atomic E-state index is 12.4. The molecule has 0 aromatic carbocycles. The Hall–Kier alpha value is -1.47. The first-order valence-corrected chi connectivity index (χ1v) is 24.7. The topological polar surface area (TPSA) is 119 Å². The molecule has 0 bridgehead atoms. The maximum Gasteiger partial charge on any atom is 0.469 e. The van der Waals surface area contributed by atoms with Gasteiger partial charge in [0.25, 0.3) is 0 Å². The fourth-order valence-corrected chi connectivity index (χ4v) is 7.12. The van der Waals surface area contributed by atoms with E-state index in [1.165, 1.54) is 154 Å². The molecule has 324 valence electrons. The second-order valence-corrected chi connectivity index (χ2v) is 17.0. The van der Waals surface area contributed by atoms with E-state index in [0.29, 0.717) is 12.8 Å². The number of rotatable bonds is 43. The van der Waals surface area contributed by atoms with Crippen LogP contribution in [0, 0.1) is 0 Å². The van der Waals surface area contributed by atoms with E-state index < -0.39 is 32.5 Å². The van der Waals surface area contributed by atoms with Crippen molar-refractivity contribution in [2.45, 2.75) is 245 Å². The molecule has 0 aromatic rings. The predicted molar refractivity (Wildman–Crippen MR) is 230 cm³/mol. The SMILES string of the molecule is CCCCCCCC/C=C/C/C=C/CCCCC(=O)OC[C@H](COP(=O)(O)O)OC(=O)CCCCCCCCCCCCCCCCCCCCCCCC. The minimum Gasteiger partial charge on any atom is -0.462 e. The van der Waals surface area contributed by atoms with E-state index in [0.717, 1.165) is 44.9 Å². The van der Waals surface area contributed by atoms with Crippen LogP contribution in [-0.4, -0.2) is 41.0 Å². The van der Waals surface area contributed by atoms with Gasteiger partial charge in [0.2, 0.25) is 0 Å². The first-order chi connectivity index (χ1) is 26.8. The van der Waals surface area contributed by atoms with Gasteiger partial charge in [-0.2, -0.15) is 0 Å². The second kappa shape index (κ2) is 42.1. The molecule has 0 unspecified atom stereocenters. The summed E-state index contributed by atoms with van der Waals surface area (Å²) in [5.41, 5.74) is 0. The summed E-state index contributed by atoms with van der Waals surface area (Å²) in [5, 5.41) is 0. The van der Waals surface area contributed by atoms with Gasteiger partial charge in [-0.05, 0) is 44.9 Å². The molecule has 0 aliphatic heterocycles. The number of phosphoric ester groups is 1. The number of hydrogen-bond acceptors (Lipinski definition) is 6. The van der Waals surface area contributed by atoms with E-state index in [1.807, 2.05) is 0 Å². The summed E-state index contributed by atoms with van der Waals surface area (Å²) < 4.78 is 26.4. The molecule has 55 heavy (non-hydrogen) atoms. The first-order valence-electron chi connectivity index (χ1n) is 23.1. The van der Waals surface area contributed by atoms with Gasteiger partial charge in [0.15, 0.2) is 6.10 Å². The number of hydrogen-bond donors (Lipinski definition) is 2. The highest BCUT2D eigenvalue weighted by atomic mass is 31.2. The van der Waals surface area contributed by atoms with Crippen molar-refractivity contribution in [2.24, 2.45) is 0 Å². The molecule has 0 aliphatic rings. The van der Waals surface area contributed by atoms with Gasteiger partial charge in [-0.3, -0.25) is 14.1 Å². The zero-order chi connectivity index (χ0) is 40.3. The van der Waals surface area contributed by atoms with Crippen LogP contribution in [0.1, 0.15) is 239 Å². The Morgan fingerprint density at radius 3 is 1.24 bits per heavy atom. The summed E-state index contributed by atoms with van der Waals surface area (Å²) in [4.78, 5) is 42.9. The lowest BCUT2D eigenvalue weighted by Crippen LogP contribution is -2.29. The highest BCUT2D eigenvalue weighted by Gasteiger charge is 2.22. The molecule has 0 radical (unpaired) electrons. The van der Waals surface area contributed by atoms with Gasteiger partial charge in [-0.1, -0.05) is 205 Å². The molecule has 9 heteroatoms. The Morgan fingerprint density at radius 1 is 0.473 bits per heavy atom. The third kappa shape index (κ3) is 45.1. The summed E-state index contributed by atoms with van der Waals surface area (Å²) in [6.45, 7) is 3.68. The van der Waals surface area contributed by atoms with Crippen molar-refractivity contribution in [2.75, 3.05) is 13.2 Å². The largest absolute Gasteiger partial charge is 0.469 e. The number of esters is 2. The van der Waals surface area contributed by atoms with E-state index in [2.05, 4.69) is 42.7 Å². The van der Waals surface area contributed by atoms with E-state index in [4.69, 9.17) is 19.3 Å². The maximum absolute atomic E-state index is 12.4. The second-order valence-electron chi connectivity index (χ2n) is 15.7. The third-order valence-corrected chi connectivity index (χ3v) is 10.7. The zero-order valence-electron chi connectivity index (χ0n) is 35.8. The van der Waals surface area contributed by atoms with Crippen molar-refractivity contribution < 1.29 is 37.9 Å². The Balaban J connectivity index is 3.85. The van der Waals surface area contributed by atoms with Gasteiger partial charge < -0.3 is 19.3 Å². The molecule has 0 rings (SSSR count). The van der Waals surface area contributed by atoms with Gasteiger partial charge in [0.1, 0.15) is 6.61 Å². The summed E-state index contributed by atoms with van der Waals surface area (Å²) in [6, 6.07) is 0. The highest BCUT2D eigenvalue weighted by molar-refractivity contribution is 7.46. The van der Waals surface area contributed by atoms with Crippen LogP contribution >= 0.6 is 7.82 Å². The minimum atomic E-state index is -4.76. The quantitative estimate of drug-likeness (QED) is 0.0271. The van der Waals surface area contributed by atoms with Crippen molar-refractivity contribution in [3.05, 3.63) is 24.3 Å². The third-order valence-electron chi connectivity index (χ3n) is 10.2. The van der Waals surface area contributed by atoms with Crippen molar-refractivity contribution in [1.29, 1.82) is 0 Å². The molecule has 0 heterocycles. The highest BCUT2D eigenvalue weighted by Crippen LogP contribution is 2.36. The molecule has 0 saturated carbocycles. The molecule has 0 spiro atoms. The van der Waals surface area contributed by atoms with Crippen LogP contribution in [0.5, 0.6) is 0 Å². The number of unbranched alkanes of at least 4 members (excludes halogenated alkanes) is 29. The molecule has 1 atom stereocenters. The molecular formula is C46H87O8P. The Morgan fingerprint density at radius 2 is 0.818 bits per heavy atom. The lowest BCUT2D eigenvalue weighted by molar-refractivity contribution is -0.161. The van der Waals surface area contributed by atoms with Crippen LogP contribution in [0.15, 0.2) is 24.3 Å². The van der Waals surface area contributed by atoms with Crippen LogP contribution in [0.3, 0.4) is 0 Å². The van der Waals surface area contributed by atoms with E-state index >= 15 is 0 Å². The lowest BCUT2D eigenvalue weighted by atomic mass is 10.0. The van der Waals surface area contributed by atoms with Gasteiger partial charge in [-0.15, -0.1) is 0 Å². The predicted octanol–water partition coefficient (Wildman–Crippen LogP) is 14.4. The van der Waals surface area contributed by atoms with Gasteiger partial charge in [-0.25, -0.2) is 4.57 Å². The Kier molecular flexibility index (Phi) is 41.0. The van der Waals surface area contributed by atoms with Crippen molar-refractivity contribution in [3.63, 3.8) is 0 Å². The van der Waals surface area contributed by atoms with Crippen molar-refractivity contribution in [3.8, 4) is 0 Å². The molecular weight excluding hydrogens is 711 g/mol. The van der Waals surface area contributed by atoms with Crippen molar-refractivity contribution >= 4 is 19.8 Å². The monoisotopic (exact) mass is 799 g/mol. The normalized spacial score (nSPS) is 12.6. The van der Waals surface area contributed by atoms with E-state index in [1.54, 1.807) is 0 Å². The standard InChI is InChI=1S/C46H87O8P/c1-3-5-7-9-11-13-15-17-19-20-21-22-23-24-25-27-29-31-33-35-37-39-41-46(48)54-44(43-53-55(49,50)51)42-52-45(47)40-38-36-34-32-30-28-26-18-16-14-12-10-8-6-4-2/h18,26,30,32,44H,3-17,19-25,27-29,31,33-43H2,1-2H3,(H2,49,50,51)/b26-18+,32-30+/t44-/m1/s1. The van der Waals surface area contributed by atoms with E-state index in [-0.39, 0.29) is 19.4 Å². The molecule has 0 aliphatic carbocycles. The molecule has 0 saturated heterocycles. The summed E-state index contributed by atoms with van der Waals surface area (Å²) in [7, 11) is -4.76. The zero-order valence-corrected chi connectivity index (χ0v) is 36.7. The van der Waals surface area contributed by atoms with Gasteiger partial charge in [0, 0.05) is 12.8 Å². The summed E-state index contributed by atoms with van der Waals surface area (Å²) in [5.74, 6) is -0.911. The lowest BCUT2D eigenvalue weighted by Gasteiger charge is -2.18. The van der Waals surface area contributed by atoms with Crippen LogP contribution in [0.25, 0.3) is 0 Å². The van der Waals surface area contributed by atoms with Gasteiger partial charge >= 0.3 is 19.8 Å². The van der Waals surface area contributed by atoms with E-state index in [9.17, 15) is 14.2 Å². The van der Waals surface area contributed by atoms with Gasteiger partial charge in [0.05, 0.1) is 6.61 Å². The summed E-state index contributed by atoms with van der Waals surface area (Å²) in [6.07, 6.45) is 49.1. The number of carbonyl (C=O) groups is 2.